The van der Waals surface area contributed by atoms with E-state index in [0.717, 1.165) is 6.07 Å². The summed E-state index contributed by atoms with van der Waals surface area (Å²) in [5.74, 6) is -0.151. The highest BCUT2D eigenvalue weighted by atomic mass is 19.4. The molecule has 1 N–H and O–H groups in total. The molecule has 3 heterocycles. The minimum Gasteiger partial charge on any atom is -0.463 e. The van der Waals surface area contributed by atoms with Gasteiger partial charge in [-0.25, -0.2) is 9.50 Å². The fraction of sp³-hybridized carbons (Fsp3) is 0.312. The van der Waals surface area contributed by atoms with E-state index in [-0.39, 0.29) is 28.7 Å². The lowest BCUT2D eigenvalue weighted by Gasteiger charge is -2.09. The fourth-order valence-corrected chi connectivity index (χ4v) is 2.23. The molecule has 0 bridgehead atoms. The third kappa shape index (κ3) is 3.49. The first-order valence-electron chi connectivity index (χ1n) is 7.56. The number of hydrogen-bond acceptors (Lipinski definition) is 4. The maximum atomic E-state index is 13.4. The first-order chi connectivity index (χ1) is 11.8. The Morgan fingerprint density at radius 2 is 2.12 bits per heavy atom. The van der Waals surface area contributed by atoms with Crippen LogP contribution < -0.4 is 5.32 Å². The maximum absolute atomic E-state index is 13.4. The van der Waals surface area contributed by atoms with Crippen molar-refractivity contribution in [3.63, 3.8) is 0 Å². The molecule has 25 heavy (non-hydrogen) atoms. The van der Waals surface area contributed by atoms with Gasteiger partial charge in [0.25, 0.3) is 5.91 Å². The van der Waals surface area contributed by atoms with E-state index in [4.69, 9.17) is 4.42 Å². The molecule has 3 rings (SSSR count). The predicted octanol–water partition coefficient (Wildman–Crippen LogP) is 3.39. The Morgan fingerprint density at radius 3 is 2.72 bits per heavy atom. The van der Waals surface area contributed by atoms with Crippen molar-refractivity contribution in [3.8, 4) is 11.5 Å². The van der Waals surface area contributed by atoms with Crippen LogP contribution in [0, 0.1) is 5.92 Å². The molecule has 0 spiro atoms. The number of rotatable bonds is 4. The molecule has 0 unspecified atom stereocenters. The summed E-state index contributed by atoms with van der Waals surface area (Å²) in [6.45, 7) is 4.20. The molecule has 0 atom stereocenters. The van der Waals surface area contributed by atoms with Gasteiger partial charge in [-0.15, -0.1) is 0 Å². The molecule has 0 saturated carbocycles. The van der Waals surface area contributed by atoms with Crippen LogP contribution in [0.5, 0.6) is 0 Å². The van der Waals surface area contributed by atoms with Gasteiger partial charge < -0.3 is 9.73 Å². The second kappa shape index (κ2) is 6.23. The highest BCUT2D eigenvalue weighted by molar-refractivity contribution is 5.93. The quantitative estimate of drug-likeness (QED) is 0.781. The van der Waals surface area contributed by atoms with Crippen LogP contribution in [0.4, 0.5) is 13.2 Å². The molecule has 0 aliphatic rings. The third-order valence-corrected chi connectivity index (χ3v) is 3.39. The summed E-state index contributed by atoms with van der Waals surface area (Å²) in [5.41, 5.74) is -1.24. The molecular formula is C16H15F3N4O2. The molecule has 0 saturated heterocycles. The minimum absolute atomic E-state index is 0.0128. The minimum atomic E-state index is -4.67. The van der Waals surface area contributed by atoms with Crippen LogP contribution in [-0.4, -0.2) is 27.0 Å². The molecule has 0 aliphatic heterocycles. The van der Waals surface area contributed by atoms with Crippen molar-refractivity contribution >= 4 is 11.6 Å². The molecule has 1 amide bonds. The summed E-state index contributed by atoms with van der Waals surface area (Å²) in [5, 5.41) is 6.39. The first kappa shape index (κ1) is 17.0. The standard InChI is InChI=1S/C16H15F3N4O2/c1-9(2)8-20-15(24)11-7-14-21-10(12-4-3-5-25-12)6-13(16(17,18)19)23(14)22-11/h3-7,9H,8H2,1-2H3,(H,20,24). The zero-order valence-corrected chi connectivity index (χ0v) is 13.5. The van der Waals surface area contributed by atoms with Crippen molar-refractivity contribution < 1.29 is 22.4 Å². The van der Waals surface area contributed by atoms with Crippen LogP contribution in [-0.2, 0) is 6.18 Å². The summed E-state index contributed by atoms with van der Waals surface area (Å²) in [6.07, 6.45) is -3.32. The van der Waals surface area contributed by atoms with Gasteiger partial charge in [-0.2, -0.15) is 18.3 Å². The van der Waals surface area contributed by atoms with Gasteiger partial charge in [0.2, 0.25) is 0 Å². The van der Waals surface area contributed by atoms with Gasteiger partial charge in [0.1, 0.15) is 5.69 Å². The van der Waals surface area contributed by atoms with Gasteiger partial charge in [0, 0.05) is 12.6 Å². The van der Waals surface area contributed by atoms with Crippen molar-refractivity contribution in [3.05, 3.63) is 41.9 Å². The second-order valence-corrected chi connectivity index (χ2v) is 5.91. The largest absolute Gasteiger partial charge is 0.463 e. The van der Waals surface area contributed by atoms with Crippen molar-refractivity contribution in [2.75, 3.05) is 6.54 Å². The van der Waals surface area contributed by atoms with Gasteiger partial charge in [-0.3, -0.25) is 4.79 Å². The number of hydrogen-bond donors (Lipinski definition) is 1. The van der Waals surface area contributed by atoms with Crippen LogP contribution in [0.1, 0.15) is 30.0 Å². The zero-order valence-electron chi connectivity index (χ0n) is 13.5. The molecule has 0 aromatic carbocycles. The Hall–Kier alpha value is -2.84. The van der Waals surface area contributed by atoms with E-state index in [2.05, 4.69) is 15.4 Å². The number of fused-ring (bicyclic) bond motifs is 1. The zero-order chi connectivity index (χ0) is 18.2. The summed E-state index contributed by atoms with van der Waals surface area (Å²) in [6, 6.07) is 5.12. The summed E-state index contributed by atoms with van der Waals surface area (Å²) in [4.78, 5) is 16.2. The van der Waals surface area contributed by atoms with Crippen molar-refractivity contribution in [1.29, 1.82) is 0 Å². The number of amides is 1. The van der Waals surface area contributed by atoms with Crippen LogP contribution in [0.25, 0.3) is 17.1 Å². The Balaban J connectivity index is 2.09. The Morgan fingerprint density at radius 1 is 1.36 bits per heavy atom. The molecule has 0 radical (unpaired) electrons. The highest BCUT2D eigenvalue weighted by Crippen LogP contribution is 2.32. The van der Waals surface area contributed by atoms with Crippen LogP contribution in [0.15, 0.2) is 34.9 Å². The maximum Gasteiger partial charge on any atom is 0.433 e. The first-order valence-corrected chi connectivity index (χ1v) is 7.56. The molecule has 3 aromatic heterocycles. The summed E-state index contributed by atoms with van der Waals surface area (Å²) < 4.78 is 45.9. The number of furan rings is 1. The van der Waals surface area contributed by atoms with Gasteiger partial charge in [-0.05, 0) is 24.1 Å². The number of nitrogens with zero attached hydrogens (tertiary/aromatic N) is 3. The highest BCUT2D eigenvalue weighted by Gasteiger charge is 2.36. The average Bonchev–Trinajstić information content (AvgIpc) is 3.19. The number of alkyl halides is 3. The number of halogens is 3. The lowest BCUT2D eigenvalue weighted by atomic mass is 10.2. The number of aromatic nitrogens is 3. The van der Waals surface area contributed by atoms with E-state index in [1.807, 2.05) is 13.8 Å². The van der Waals surface area contributed by atoms with E-state index in [0.29, 0.717) is 11.1 Å². The van der Waals surface area contributed by atoms with Gasteiger partial charge in [-0.1, -0.05) is 13.8 Å². The second-order valence-electron chi connectivity index (χ2n) is 5.91. The number of carbonyl (C=O) groups excluding carboxylic acids is 1. The topological polar surface area (TPSA) is 72.4 Å². The average molecular weight is 352 g/mol. The van der Waals surface area contributed by atoms with Gasteiger partial charge >= 0.3 is 6.18 Å². The monoisotopic (exact) mass is 352 g/mol. The van der Waals surface area contributed by atoms with Crippen molar-refractivity contribution in [1.82, 2.24) is 19.9 Å². The lowest BCUT2D eigenvalue weighted by Crippen LogP contribution is -2.27. The van der Waals surface area contributed by atoms with E-state index in [9.17, 15) is 18.0 Å². The predicted molar refractivity (Wildman–Crippen MR) is 82.9 cm³/mol. The smallest absolute Gasteiger partial charge is 0.433 e. The Kier molecular flexibility index (Phi) is 4.23. The molecular weight excluding hydrogens is 337 g/mol. The molecule has 3 aromatic rings. The van der Waals surface area contributed by atoms with Gasteiger partial charge in [0.15, 0.2) is 22.8 Å². The Bertz CT molecular complexity index is 898. The third-order valence-electron chi connectivity index (χ3n) is 3.39. The summed E-state index contributed by atoms with van der Waals surface area (Å²) >= 11 is 0. The van der Waals surface area contributed by atoms with Crippen LogP contribution in [0.3, 0.4) is 0 Å². The normalized spacial score (nSPS) is 12.1. The molecule has 6 nitrogen and oxygen atoms in total. The lowest BCUT2D eigenvalue weighted by molar-refractivity contribution is -0.142. The van der Waals surface area contributed by atoms with Crippen LogP contribution >= 0.6 is 0 Å². The van der Waals surface area contributed by atoms with Gasteiger partial charge in [0.05, 0.1) is 6.26 Å². The molecule has 9 heteroatoms. The van der Waals surface area contributed by atoms with E-state index < -0.39 is 17.8 Å². The Labute approximate surface area is 140 Å². The number of carbonyl (C=O) groups is 1. The summed E-state index contributed by atoms with van der Waals surface area (Å²) in [7, 11) is 0. The SMILES string of the molecule is CC(C)CNC(=O)c1cc2nc(-c3ccco3)cc(C(F)(F)F)n2n1. The van der Waals surface area contributed by atoms with Crippen molar-refractivity contribution in [2.24, 2.45) is 5.92 Å². The molecule has 0 fully saturated rings. The molecule has 132 valence electrons. The fourth-order valence-electron chi connectivity index (χ4n) is 2.23. The van der Waals surface area contributed by atoms with E-state index in [1.165, 1.54) is 18.4 Å². The van der Waals surface area contributed by atoms with E-state index >= 15 is 0 Å². The number of nitrogens with one attached hydrogen (secondary N) is 1. The van der Waals surface area contributed by atoms with E-state index in [1.54, 1.807) is 6.07 Å². The van der Waals surface area contributed by atoms with Crippen LogP contribution in [0.2, 0.25) is 0 Å². The van der Waals surface area contributed by atoms with Crippen molar-refractivity contribution in [2.45, 2.75) is 20.0 Å². The molecule has 0 aliphatic carbocycles.